The molecule has 0 aliphatic heterocycles. The van der Waals surface area contributed by atoms with Crippen LogP contribution in [0.5, 0.6) is 0 Å². The molecule has 0 radical (unpaired) electrons. The van der Waals surface area contributed by atoms with Crippen LogP contribution in [0.25, 0.3) is 0 Å². The highest BCUT2D eigenvalue weighted by Crippen LogP contribution is 2.31. The lowest BCUT2D eigenvalue weighted by atomic mass is 9.94. The number of carboxylic acids is 1. The lowest BCUT2D eigenvalue weighted by Gasteiger charge is -2.12. The third kappa shape index (κ3) is 2.88. The summed E-state index contributed by atoms with van der Waals surface area (Å²) in [5, 5.41) is 8.86. The Morgan fingerprint density at radius 2 is 1.72 bits per heavy atom. The van der Waals surface area contributed by atoms with Crippen LogP contribution in [-0.4, -0.2) is 16.9 Å². The van der Waals surface area contributed by atoms with Gasteiger partial charge in [-0.05, 0) is 18.2 Å². The lowest BCUT2D eigenvalue weighted by molar-refractivity contribution is -0.137. The molecule has 0 aliphatic carbocycles. The Labute approximate surface area is 101 Å². The van der Waals surface area contributed by atoms with Crippen molar-refractivity contribution < 1.29 is 27.9 Å². The van der Waals surface area contributed by atoms with Gasteiger partial charge in [0.05, 0.1) is 11.1 Å². The van der Waals surface area contributed by atoms with Gasteiger partial charge in [-0.15, -0.1) is 0 Å². The second-order valence-electron chi connectivity index (χ2n) is 4.08. The number of rotatable bonds is 3. The van der Waals surface area contributed by atoms with Crippen molar-refractivity contribution in [3.8, 4) is 0 Å². The number of carbonyl (C=O) groups excluding carboxylic acids is 1. The average Bonchev–Trinajstić information content (AvgIpc) is 2.25. The maximum absolute atomic E-state index is 12.5. The van der Waals surface area contributed by atoms with E-state index in [9.17, 15) is 22.8 Å². The molecule has 0 aromatic heterocycles. The van der Waals surface area contributed by atoms with E-state index in [0.717, 1.165) is 6.07 Å². The van der Waals surface area contributed by atoms with Crippen LogP contribution in [0.1, 0.15) is 40.1 Å². The SMILES string of the molecule is CC(C)C(=O)c1cc(C(F)(F)F)ccc1C(=O)O. The van der Waals surface area contributed by atoms with Gasteiger partial charge in [-0.25, -0.2) is 4.79 Å². The average molecular weight is 260 g/mol. The van der Waals surface area contributed by atoms with Gasteiger partial charge in [0.1, 0.15) is 0 Å². The van der Waals surface area contributed by atoms with E-state index in [1.807, 2.05) is 0 Å². The zero-order valence-electron chi connectivity index (χ0n) is 9.71. The molecule has 0 saturated heterocycles. The number of carboxylic acid groups (broad SMARTS) is 1. The summed E-state index contributed by atoms with van der Waals surface area (Å²) in [4.78, 5) is 22.6. The Bertz CT molecular complexity index is 490. The second-order valence-corrected chi connectivity index (χ2v) is 4.08. The van der Waals surface area contributed by atoms with Crippen molar-refractivity contribution in [1.29, 1.82) is 0 Å². The van der Waals surface area contributed by atoms with E-state index in [4.69, 9.17) is 5.11 Å². The van der Waals surface area contributed by atoms with Crippen molar-refractivity contribution in [2.24, 2.45) is 5.92 Å². The molecule has 0 unspecified atom stereocenters. The highest BCUT2D eigenvalue weighted by Gasteiger charge is 2.32. The molecular formula is C12H11F3O3. The molecule has 0 spiro atoms. The number of hydrogen-bond acceptors (Lipinski definition) is 2. The first-order chi connectivity index (χ1) is 8.14. The van der Waals surface area contributed by atoms with Crippen LogP contribution in [-0.2, 0) is 6.18 Å². The summed E-state index contributed by atoms with van der Waals surface area (Å²) < 4.78 is 37.5. The van der Waals surface area contributed by atoms with E-state index >= 15 is 0 Å². The maximum atomic E-state index is 12.5. The summed E-state index contributed by atoms with van der Waals surface area (Å²) in [6.45, 7) is 2.99. The molecule has 0 heterocycles. The first kappa shape index (κ1) is 14.2. The standard InChI is InChI=1S/C12H11F3O3/c1-6(2)10(16)9-5-7(12(13,14)15)3-4-8(9)11(17)18/h3-6H,1-2H3,(H,17,18). The van der Waals surface area contributed by atoms with Crippen LogP contribution in [0.2, 0.25) is 0 Å². The number of ketones is 1. The summed E-state index contributed by atoms with van der Waals surface area (Å²) in [6.07, 6.45) is -4.61. The Hall–Kier alpha value is -1.85. The quantitative estimate of drug-likeness (QED) is 0.849. The van der Waals surface area contributed by atoms with E-state index < -0.39 is 40.5 Å². The first-order valence-corrected chi connectivity index (χ1v) is 5.13. The minimum absolute atomic E-state index is 0.410. The zero-order chi connectivity index (χ0) is 14.1. The van der Waals surface area contributed by atoms with E-state index in [2.05, 4.69) is 0 Å². The first-order valence-electron chi connectivity index (χ1n) is 5.13. The number of halogens is 3. The number of carbonyl (C=O) groups is 2. The second kappa shape index (κ2) is 4.80. The molecule has 0 fully saturated rings. The molecule has 0 atom stereocenters. The van der Waals surface area contributed by atoms with Crippen LogP contribution < -0.4 is 0 Å². The van der Waals surface area contributed by atoms with E-state index in [1.165, 1.54) is 13.8 Å². The molecule has 1 rings (SSSR count). The van der Waals surface area contributed by atoms with Gasteiger partial charge in [-0.2, -0.15) is 13.2 Å². The van der Waals surface area contributed by atoms with Crippen molar-refractivity contribution in [3.63, 3.8) is 0 Å². The molecule has 1 aromatic carbocycles. The third-order valence-corrected chi connectivity index (χ3v) is 2.37. The van der Waals surface area contributed by atoms with Crippen molar-refractivity contribution in [2.45, 2.75) is 20.0 Å². The minimum atomic E-state index is -4.61. The Kier molecular flexibility index (Phi) is 3.79. The fraction of sp³-hybridized carbons (Fsp3) is 0.333. The number of aromatic carboxylic acids is 1. The van der Waals surface area contributed by atoms with Gasteiger partial charge in [-0.3, -0.25) is 4.79 Å². The summed E-state index contributed by atoms with van der Waals surface area (Å²) in [6, 6.07) is 2.05. The smallest absolute Gasteiger partial charge is 0.416 e. The summed E-state index contributed by atoms with van der Waals surface area (Å²) in [5.74, 6) is -2.63. The molecule has 98 valence electrons. The molecule has 1 aromatic rings. The Balaban J connectivity index is 3.43. The molecule has 0 aliphatic rings. The summed E-state index contributed by atoms with van der Waals surface area (Å²) in [7, 11) is 0. The number of benzene rings is 1. The van der Waals surface area contributed by atoms with Crippen molar-refractivity contribution in [3.05, 3.63) is 34.9 Å². The van der Waals surface area contributed by atoms with Gasteiger partial charge in [0.15, 0.2) is 5.78 Å². The molecular weight excluding hydrogens is 249 g/mol. The van der Waals surface area contributed by atoms with Gasteiger partial charge in [-0.1, -0.05) is 13.8 Å². The molecule has 0 bridgehead atoms. The molecule has 1 N–H and O–H groups in total. The monoisotopic (exact) mass is 260 g/mol. The highest BCUT2D eigenvalue weighted by atomic mass is 19.4. The van der Waals surface area contributed by atoms with Gasteiger partial charge >= 0.3 is 12.1 Å². The Morgan fingerprint density at radius 3 is 2.11 bits per heavy atom. The van der Waals surface area contributed by atoms with Crippen LogP contribution >= 0.6 is 0 Å². The maximum Gasteiger partial charge on any atom is 0.416 e. The van der Waals surface area contributed by atoms with Gasteiger partial charge in [0.2, 0.25) is 0 Å². The Morgan fingerprint density at radius 1 is 1.17 bits per heavy atom. The van der Waals surface area contributed by atoms with Gasteiger partial charge < -0.3 is 5.11 Å². The molecule has 18 heavy (non-hydrogen) atoms. The lowest BCUT2D eigenvalue weighted by Crippen LogP contribution is -2.16. The largest absolute Gasteiger partial charge is 0.478 e. The topological polar surface area (TPSA) is 54.4 Å². The fourth-order valence-electron chi connectivity index (χ4n) is 1.42. The van der Waals surface area contributed by atoms with Gasteiger partial charge in [0.25, 0.3) is 0 Å². The number of Topliss-reactive ketones (excluding diaryl/α,β-unsaturated/α-hetero) is 1. The fourth-order valence-corrected chi connectivity index (χ4v) is 1.42. The normalized spacial score (nSPS) is 11.7. The van der Waals surface area contributed by atoms with E-state index in [-0.39, 0.29) is 0 Å². The van der Waals surface area contributed by atoms with Gasteiger partial charge in [0, 0.05) is 11.5 Å². The van der Waals surface area contributed by atoms with Crippen molar-refractivity contribution in [1.82, 2.24) is 0 Å². The van der Waals surface area contributed by atoms with Crippen LogP contribution in [0.3, 0.4) is 0 Å². The third-order valence-electron chi connectivity index (χ3n) is 2.37. The van der Waals surface area contributed by atoms with Crippen LogP contribution in [0, 0.1) is 5.92 Å². The van der Waals surface area contributed by atoms with E-state index in [1.54, 1.807) is 0 Å². The summed E-state index contributed by atoms with van der Waals surface area (Å²) >= 11 is 0. The van der Waals surface area contributed by atoms with Crippen molar-refractivity contribution in [2.75, 3.05) is 0 Å². The van der Waals surface area contributed by atoms with E-state index in [0.29, 0.717) is 12.1 Å². The predicted octanol–water partition coefficient (Wildman–Crippen LogP) is 3.24. The highest BCUT2D eigenvalue weighted by molar-refractivity contribution is 6.06. The zero-order valence-corrected chi connectivity index (χ0v) is 9.71. The number of alkyl halides is 3. The van der Waals surface area contributed by atoms with Crippen molar-refractivity contribution >= 4 is 11.8 Å². The number of hydrogen-bond donors (Lipinski definition) is 1. The molecule has 3 nitrogen and oxygen atoms in total. The van der Waals surface area contributed by atoms with Crippen LogP contribution in [0.15, 0.2) is 18.2 Å². The predicted molar refractivity (Wildman–Crippen MR) is 57.6 cm³/mol. The molecule has 6 heteroatoms. The molecule has 0 saturated carbocycles. The minimum Gasteiger partial charge on any atom is -0.478 e. The van der Waals surface area contributed by atoms with Crippen LogP contribution in [0.4, 0.5) is 13.2 Å². The molecule has 0 amide bonds. The summed E-state index contributed by atoms with van der Waals surface area (Å²) in [5.41, 5.74) is -1.86.